The van der Waals surface area contributed by atoms with Gasteiger partial charge in [0.2, 0.25) is 5.91 Å². The Labute approximate surface area is 241 Å². The molecule has 1 fully saturated rings. The summed E-state index contributed by atoms with van der Waals surface area (Å²) >= 11 is 0. The minimum atomic E-state index is -0.963. The lowest BCUT2D eigenvalue weighted by molar-refractivity contribution is -0.142. The molecule has 41 heavy (non-hydrogen) atoms. The van der Waals surface area contributed by atoms with E-state index in [0.717, 1.165) is 49.2 Å². The normalized spacial score (nSPS) is 14.5. The SMILES string of the molecule is Cc1cc(C)c(C(=O)O)c(CC(C)(C)C(=O)N2CCN(CCCC(c3ccc(F)cc3)c3ccc(F)cc3)CC2)c1. The molecular formula is C34H40F2N2O3. The summed E-state index contributed by atoms with van der Waals surface area (Å²) in [6, 6.07) is 16.8. The van der Waals surface area contributed by atoms with Crippen LogP contribution in [0.25, 0.3) is 0 Å². The maximum Gasteiger partial charge on any atom is 0.336 e. The Morgan fingerprint density at radius 3 is 1.93 bits per heavy atom. The highest BCUT2D eigenvalue weighted by Crippen LogP contribution is 2.31. The minimum absolute atomic E-state index is 0.0420. The van der Waals surface area contributed by atoms with Gasteiger partial charge in [-0.05, 0) is 86.2 Å². The van der Waals surface area contributed by atoms with Crippen molar-refractivity contribution < 1.29 is 23.5 Å². The summed E-state index contributed by atoms with van der Waals surface area (Å²) in [6.07, 6.45) is 2.11. The highest BCUT2D eigenvalue weighted by molar-refractivity contribution is 5.92. The van der Waals surface area contributed by atoms with Crippen molar-refractivity contribution in [3.63, 3.8) is 0 Å². The van der Waals surface area contributed by atoms with Crippen LogP contribution in [0.4, 0.5) is 8.78 Å². The first-order chi connectivity index (χ1) is 19.4. The quantitative estimate of drug-likeness (QED) is 0.302. The lowest BCUT2D eigenvalue weighted by Crippen LogP contribution is -2.52. The van der Waals surface area contributed by atoms with Gasteiger partial charge in [0.15, 0.2) is 0 Å². The number of nitrogens with zero attached hydrogens (tertiary/aromatic N) is 2. The third-order valence-electron chi connectivity index (χ3n) is 8.16. The second kappa shape index (κ2) is 12.9. The van der Waals surface area contributed by atoms with Crippen LogP contribution in [-0.2, 0) is 11.2 Å². The summed E-state index contributed by atoms with van der Waals surface area (Å²) in [5.74, 6) is -1.44. The molecule has 1 amide bonds. The van der Waals surface area contributed by atoms with Crippen LogP contribution in [-0.4, -0.2) is 59.5 Å². The van der Waals surface area contributed by atoms with Crippen LogP contribution < -0.4 is 0 Å². The van der Waals surface area contributed by atoms with E-state index in [1.807, 2.05) is 37.8 Å². The predicted molar refractivity (Wildman–Crippen MR) is 157 cm³/mol. The summed E-state index contributed by atoms with van der Waals surface area (Å²) in [7, 11) is 0. The summed E-state index contributed by atoms with van der Waals surface area (Å²) in [6.45, 7) is 11.2. The van der Waals surface area contributed by atoms with E-state index >= 15 is 0 Å². The number of aryl methyl sites for hydroxylation is 2. The molecule has 5 nitrogen and oxygen atoms in total. The molecule has 3 aromatic carbocycles. The van der Waals surface area contributed by atoms with Gasteiger partial charge in [0.1, 0.15) is 11.6 Å². The topological polar surface area (TPSA) is 60.9 Å². The molecule has 0 saturated carbocycles. The summed E-state index contributed by atoms with van der Waals surface area (Å²) in [5.41, 5.74) is 3.97. The molecular weight excluding hydrogens is 522 g/mol. The van der Waals surface area contributed by atoms with Gasteiger partial charge in [0, 0.05) is 37.5 Å². The van der Waals surface area contributed by atoms with E-state index in [-0.39, 0.29) is 23.5 Å². The third-order valence-corrected chi connectivity index (χ3v) is 8.16. The third kappa shape index (κ3) is 7.59. The largest absolute Gasteiger partial charge is 0.478 e. The van der Waals surface area contributed by atoms with Crippen LogP contribution in [0.15, 0.2) is 60.7 Å². The van der Waals surface area contributed by atoms with Gasteiger partial charge in [-0.15, -0.1) is 0 Å². The van der Waals surface area contributed by atoms with E-state index in [1.54, 1.807) is 31.2 Å². The Balaban J connectivity index is 1.33. The number of piperazine rings is 1. The van der Waals surface area contributed by atoms with E-state index in [0.29, 0.717) is 36.2 Å². The second-order valence-corrected chi connectivity index (χ2v) is 11.9. The first kappa shape index (κ1) is 30.4. The van der Waals surface area contributed by atoms with Gasteiger partial charge in [-0.1, -0.05) is 55.8 Å². The van der Waals surface area contributed by atoms with Gasteiger partial charge in [0.25, 0.3) is 0 Å². The minimum Gasteiger partial charge on any atom is -0.478 e. The summed E-state index contributed by atoms with van der Waals surface area (Å²) in [4.78, 5) is 29.7. The molecule has 1 heterocycles. The van der Waals surface area contributed by atoms with Crippen molar-refractivity contribution in [1.82, 2.24) is 9.80 Å². The van der Waals surface area contributed by atoms with Crippen molar-refractivity contribution in [2.75, 3.05) is 32.7 Å². The number of carbonyl (C=O) groups is 2. The Bertz CT molecular complexity index is 1320. The highest BCUT2D eigenvalue weighted by Gasteiger charge is 2.35. The number of amides is 1. The van der Waals surface area contributed by atoms with Gasteiger partial charge in [-0.25, -0.2) is 13.6 Å². The second-order valence-electron chi connectivity index (χ2n) is 11.9. The average Bonchev–Trinajstić information content (AvgIpc) is 2.91. The molecule has 1 saturated heterocycles. The summed E-state index contributed by atoms with van der Waals surface area (Å²) in [5, 5.41) is 9.78. The lowest BCUT2D eigenvalue weighted by Gasteiger charge is -2.39. The Morgan fingerprint density at radius 1 is 0.878 bits per heavy atom. The van der Waals surface area contributed by atoms with Gasteiger partial charge in [0.05, 0.1) is 5.56 Å². The fourth-order valence-electron chi connectivity index (χ4n) is 6.09. The molecule has 7 heteroatoms. The van der Waals surface area contributed by atoms with E-state index in [1.165, 1.54) is 24.3 Å². The molecule has 0 bridgehead atoms. The maximum absolute atomic E-state index is 13.6. The average molecular weight is 563 g/mol. The number of carboxylic acids is 1. The molecule has 1 aliphatic heterocycles. The molecule has 0 radical (unpaired) electrons. The number of benzene rings is 3. The molecule has 0 spiro atoms. The standard InChI is InChI=1S/C34H40F2N2O3/c1-23-20-24(2)31(32(39)40)27(21-23)22-34(3,4)33(41)38-18-16-37(17-19-38)15-5-6-30(25-7-11-28(35)12-8-25)26-9-13-29(36)14-10-26/h7-14,20-21,30H,5-6,15-19,22H2,1-4H3,(H,39,40). The molecule has 0 atom stereocenters. The number of hydrogen-bond acceptors (Lipinski definition) is 3. The van der Waals surface area contributed by atoms with Crippen molar-refractivity contribution in [1.29, 1.82) is 0 Å². The van der Waals surface area contributed by atoms with E-state index in [9.17, 15) is 23.5 Å². The van der Waals surface area contributed by atoms with Crippen LogP contribution in [0, 0.1) is 30.9 Å². The number of hydrogen-bond donors (Lipinski definition) is 1. The number of carboxylic acid groups (broad SMARTS) is 1. The van der Waals surface area contributed by atoms with E-state index < -0.39 is 11.4 Å². The lowest BCUT2D eigenvalue weighted by atomic mass is 9.81. The van der Waals surface area contributed by atoms with Gasteiger partial charge in [-0.3, -0.25) is 9.69 Å². The highest BCUT2D eigenvalue weighted by atomic mass is 19.1. The maximum atomic E-state index is 13.6. The Kier molecular flexibility index (Phi) is 9.59. The molecule has 1 aliphatic rings. The zero-order valence-electron chi connectivity index (χ0n) is 24.4. The van der Waals surface area contributed by atoms with E-state index in [4.69, 9.17) is 0 Å². The molecule has 4 rings (SSSR count). The fourth-order valence-corrected chi connectivity index (χ4v) is 6.09. The molecule has 0 aromatic heterocycles. The van der Waals surface area contributed by atoms with Crippen molar-refractivity contribution in [3.05, 3.63) is 106 Å². The van der Waals surface area contributed by atoms with Crippen molar-refractivity contribution in [2.45, 2.75) is 52.9 Å². The first-order valence-corrected chi connectivity index (χ1v) is 14.3. The van der Waals surface area contributed by atoms with Crippen LogP contribution in [0.3, 0.4) is 0 Å². The van der Waals surface area contributed by atoms with Gasteiger partial charge in [-0.2, -0.15) is 0 Å². The zero-order valence-corrected chi connectivity index (χ0v) is 24.4. The summed E-state index contributed by atoms with van der Waals surface area (Å²) < 4.78 is 27.1. The number of carbonyl (C=O) groups excluding carboxylic acids is 1. The Morgan fingerprint density at radius 2 is 1.41 bits per heavy atom. The van der Waals surface area contributed by atoms with Crippen LogP contribution in [0.1, 0.15) is 70.8 Å². The van der Waals surface area contributed by atoms with Crippen LogP contribution in [0.2, 0.25) is 0 Å². The number of aromatic carboxylic acids is 1. The van der Waals surface area contributed by atoms with Crippen molar-refractivity contribution in [2.24, 2.45) is 5.41 Å². The predicted octanol–water partition coefficient (Wildman–Crippen LogP) is 6.61. The molecule has 0 unspecified atom stereocenters. The Hall–Kier alpha value is -3.58. The monoisotopic (exact) mass is 562 g/mol. The fraction of sp³-hybridized carbons (Fsp3) is 0.412. The van der Waals surface area contributed by atoms with Gasteiger partial charge >= 0.3 is 5.97 Å². The smallest absolute Gasteiger partial charge is 0.336 e. The molecule has 218 valence electrons. The molecule has 1 N–H and O–H groups in total. The molecule has 0 aliphatic carbocycles. The van der Waals surface area contributed by atoms with Gasteiger partial charge < -0.3 is 10.0 Å². The van der Waals surface area contributed by atoms with Crippen LogP contribution in [0.5, 0.6) is 0 Å². The van der Waals surface area contributed by atoms with Crippen molar-refractivity contribution in [3.8, 4) is 0 Å². The molecule has 3 aromatic rings. The van der Waals surface area contributed by atoms with Crippen LogP contribution >= 0.6 is 0 Å². The zero-order chi connectivity index (χ0) is 29.7. The number of rotatable bonds is 10. The van der Waals surface area contributed by atoms with Crippen molar-refractivity contribution >= 4 is 11.9 Å². The van der Waals surface area contributed by atoms with E-state index in [2.05, 4.69) is 4.90 Å². The number of halogens is 2. The first-order valence-electron chi connectivity index (χ1n) is 14.3.